The number of anilines is 1. The second-order valence-electron chi connectivity index (χ2n) is 7.09. The first kappa shape index (κ1) is 16.0. The van der Waals surface area contributed by atoms with Crippen molar-refractivity contribution in [2.45, 2.75) is 58.4 Å². The highest BCUT2D eigenvalue weighted by molar-refractivity contribution is 6.00. The number of aryl methyl sites for hydroxylation is 2. The Morgan fingerprint density at radius 1 is 1.09 bits per heavy atom. The number of rotatable bonds is 3. The predicted molar refractivity (Wildman–Crippen MR) is 91.4 cm³/mol. The molecule has 124 valence electrons. The van der Waals surface area contributed by atoms with Crippen LogP contribution in [0.4, 0.5) is 5.69 Å². The number of carbonyl (C=O) groups excluding carboxylic acids is 2. The van der Waals surface area contributed by atoms with E-state index in [1.54, 1.807) is 4.90 Å². The SMILES string of the molecule is Cc1cc(C)cc(N2C[C@H](C(=O)NC3CCCCC3)CC2=O)c1. The Bertz CT molecular complexity index is 585. The van der Waals surface area contributed by atoms with Crippen molar-refractivity contribution in [3.63, 3.8) is 0 Å². The summed E-state index contributed by atoms with van der Waals surface area (Å²) >= 11 is 0. The molecule has 0 unspecified atom stereocenters. The van der Waals surface area contributed by atoms with Gasteiger partial charge < -0.3 is 10.2 Å². The highest BCUT2D eigenvalue weighted by Gasteiger charge is 2.36. The first-order valence-corrected chi connectivity index (χ1v) is 8.72. The summed E-state index contributed by atoms with van der Waals surface area (Å²) in [4.78, 5) is 26.6. The molecule has 0 bridgehead atoms. The molecule has 3 rings (SSSR count). The maximum absolute atomic E-state index is 12.5. The third-order valence-electron chi connectivity index (χ3n) is 4.97. The minimum atomic E-state index is -0.217. The molecule has 0 aromatic heterocycles. The van der Waals surface area contributed by atoms with E-state index in [4.69, 9.17) is 0 Å². The molecule has 1 aromatic carbocycles. The summed E-state index contributed by atoms with van der Waals surface area (Å²) in [5.74, 6) is -0.110. The Balaban J connectivity index is 1.65. The quantitative estimate of drug-likeness (QED) is 0.932. The smallest absolute Gasteiger partial charge is 0.227 e. The minimum absolute atomic E-state index is 0.0529. The van der Waals surface area contributed by atoms with Crippen molar-refractivity contribution in [1.82, 2.24) is 5.32 Å². The van der Waals surface area contributed by atoms with E-state index in [1.807, 2.05) is 26.0 Å². The Morgan fingerprint density at radius 2 is 1.74 bits per heavy atom. The second kappa shape index (κ2) is 6.73. The van der Waals surface area contributed by atoms with Gasteiger partial charge in [0.2, 0.25) is 11.8 Å². The fourth-order valence-electron chi connectivity index (χ4n) is 3.81. The van der Waals surface area contributed by atoms with Crippen LogP contribution < -0.4 is 10.2 Å². The first-order valence-electron chi connectivity index (χ1n) is 8.72. The van der Waals surface area contributed by atoms with Crippen molar-refractivity contribution in [2.24, 2.45) is 5.92 Å². The molecule has 1 saturated heterocycles. The van der Waals surface area contributed by atoms with Gasteiger partial charge in [0, 0.05) is 24.7 Å². The number of nitrogens with zero attached hydrogens (tertiary/aromatic N) is 1. The van der Waals surface area contributed by atoms with Gasteiger partial charge in [-0.15, -0.1) is 0 Å². The molecule has 0 spiro atoms. The van der Waals surface area contributed by atoms with Crippen molar-refractivity contribution < 1.29 is 9.59 Å². The molecule has 4 nitrogen and oxygen atoms in total. The summed E-state index contributed by atoms with van der Waals surface area (Å²) in [5.41, 5.74) is 3.20. The molecule has 2 aliphatic rings. The molecule has 0 radical (unpaired) electrons. The van der Waals surface area contributed by atoms with E-state index in [-0.39, 0.29) is 17.7 Å². The number of amides is 2. The molecular weight excluding hydrogens is 288 g/mol. The zero-order chi connectivity index (χ0) is 16.4. The number of hydrogen-bond donors (Lipinski definition) is 1. The van der Waals surface area contributed by atoms with Gasteiger partial charge in [-0.05, 0) is 49.9 Å². The lowest BCUT2D eigenvalue weighted by Crippen LogP contribution is -2.40. The van der Waals surface area contributed by atoms with Crippen LogP contribution in [-0.4, -0.2) is 24.4 Å². The van der Waals surface area contributed by atoms with Crippen LogP contribution in [0.2, 0.25) is 0 Å². The van der Waals surface area contributed by atoms with Crippen molar-refractivity contribution in [3.05, 3.63) is 29.3 Å². The average molecular weight is 314 g/mol. The maximum Gasteiger partial charge on any atom is 0.227 e. The number of carbonyl (C=O) groups is 2. The van der Waals surface area contributed by atoms with E-state index < -0.39 is 0 Å². The van der Waals surface area contributed by atoms with Crippen LogP contribution >= 0.6 is 0 Å². The van der Waals surface area contributed by atoms with Crippen LogP contribution in [0.1, 0.15) is 49.7 Å². The van der Waals surface area contributed by atoms with Gasteiger partial charge in [0.15, 0.2) is 0 Å². The van der Waals surface area contributed by atoms with Crippen molar-refractivity contribution in [3.8, 4) is 0 Å². The zero-order valence-electron chi connectivity index (χ0n) is 14.1. The van der Waals surface area contributed by atoms with E-state index in [9.17, 15) is 9.59 Å². The molecule has 2 amide bonds. The van der Waals surface area contributed by atoms with Crippen LogP contribution in [-0.2, 0) is 9.59 Å². The average Bonchev–Trinajstić information content (AvgIpc) is 2.89. The molecule has 1 heterocycles. The predicted octanol–water partition coefficient (Wildman–Crippen LogP) is 3.11. The Hall–Kier alpha value is -1.84. The van der Waals surface area contributed by atoms with E-state index >= 15 is 0 Å². The van der Waals surface area contributed by atoms with Crippen LogP contribution in [0.15, 0.2) is 18.2 Å². The lowest BCUT2D eigenvalue weighted by molar-refractivity contribution is -0.127. The standard InChI is InChI=1S/C19H26N2O2/c1-13-8-14(2)10-17(9-13)21-12-15(11-18(21)22)19(23)20-16-6-4-3-5-7-16/h8-10,15-16H,3-7,11-12H2,1-2H3,(H,20,23)/t15-/m1/s1. The zero-order valence-corrected chi connectivity index (χ0v) is 14.1. The van der Waals surface area contributed by atoms with Gasteiger partial charge in [0.05, 0.1) is 5.92 Å². The fourth-order valence-corrected chi connectivity index (χ4v) is 3.81. The second-order valence-corrected chi connectivity index (χ2v) is 7.09. The number of hydrogen-bond acceptors (Lipinski definition) is 2. The first-order chi connectivity index (χ1) is 11.0. The van der Waals surface area contributed by atoms with Gasteiger partial charge in [-0.1, -0.05) is 25.3 Å². The third kappa shape index (κ3) is 3.74. The van der Waals surface area contributed by atoms with Gasteiger partial charge in [-0.2, -0.15) is 0 Å². The number of nitrogens with one attached hydrogen (secondary N) is 1. The highest BCUT2D eigenvalue weighted by atomic mass is 16.2. The lowest BCUT2D eigenvalue weighted by Gasteiger charge is -2.24. The third-order valence-corrected chi connectivity index (χ3v) is 4.97. The Morgan fingerprint density at radius 3 is 2.39 bits per heavy atom. The normalized spacial score (nSPS) is 22.4. The van der Waals surface area contributed by atoms with Gasteiger partial charge >= 0.3 is 0 Å². The molecule has 2 fully saturated rings. The van der Waals surface area contributed by atoms with E-state index in [2.05, 4.69) is 11.4 Å². The van der Waals surface area contributed by atoms with Crippen molar-refractivity contribution >= 4 is 17.5 Å². The molecule has 1 atom stereocenters. The van der Waals surface area contributed by atoms with Crippen LogP contribution in [0, 0.1) is 19.8 Å². The Labute approximate surface area is 138 Å². The maximum atomic E-state index is 12.5. The monoisotopic (exact) mass is 314 g/mol. The molecule has 1 aromatic rings. The lowest BCUT2D eigenvalue weighted by atomic mass is 9.95. The fraction of sp³-hybridized carbons (Fsp3) is 0.579. The minimum Gasteiger partial charge on any atom is -0.353 e. The summed E-state index contributed by atoms with van der Waals surface area (Å²) in [6.07, 6.45) is 6.15. The van der Waals surface area contributed by atoms with Crippen LogP contribution in [0.5, 0.6) is 0 Å². The number of benzene rings is 1. The van der Waals surface area contributed by atoms with Gasteiger partial charge in [0.1, 0.15) is 0 Å². The summed E-state index contributed by atoms with van der Waals surface area (Å²) in [7, 11) is 0. The van der Waals surface area contributed by atoms with Gasteiger partial charge in [-0.25, -0.2) is 0 Å². The molecule has 1 saturated carbocycles. The highest BCUT2D eigenvalue weighted by Crippen LogP contribution is 2.27. The summed E-state index contributed by atoms with van der Waals surface area (Å²) < 4.78 is 0. The molecule has 23 heavy (non-hydrogen) atoms. The molecule has 1 aliphatic heterocycles. The molecule has 4 heteroatoms. The summed E-state index contributed by atoms with van der Waals surface area (Å²) in [6.45, 7) is 4.56. The largest absolute Gasteiger partial charge is 0.353 e. The van der Waals surface area contributed by atoms with Gasteiger partial charge in [-0.3, -0.25) is 9.59 Å². The van der Waals surface area contributed by atoms with Crippen LogP contribution in [0.25, 0.3) is 0 Å². The summed E-state index contributed by atoms with van der Waals surface area (Å²) in [6, 6.07) is 6.44. The summed E-state index contributed by atoms with van der Waals surface area (Å²) in [5, 5.41) is 3.16. The van der Waals surface area contributed by atoms with E-state index in [1.165, 1.54) is 19.3 Å². The van der Waals surface area contributed by atoms with Gasteiger partial charge in [0.25, 0.3) is 0 Å². The molecule has 1 N–H and O–H groups in total. The van der Waals surface area contributed by atoms with Crippen molar-refractivity contribution in [2.75, 3.05) is 11.4 Å². The molecular formula is C19H26N2O2. The topological polar surface area (TPSA) is 49.4 Å². The molecule has 1 aliphatic carbocycles. The van der Waals surface area contributed by atoms with E-state index in [0.717, 1.165) is 29.7 Å². The van der Waals surface area contributed by atoms with Crippen LogP contribution in [0.3, 0.4) is 0 Å². The van der Waals surface area contributed by atoms with E-state index in [0.29, 0.717) is 19.0 Å². The van der Waals surface area contributed by atoms with Crippen molar-refractivity contribution in [1.29, 1.82) is 0 Å². The Kier molecular flexibility index (Phi) is 4.69.